The van der Waals surface area contributed by atoms with Gasteiger partial charge in [0.05, 0.1) is 0 Å². The quantitative estimate of drug-likeness (QED) is 0.870. The molecule has 3 atom stereocenters. The Morgan fingerprint density at radius 1 is 1.17 bits per heavy atom. The van der Waals surface area contributed by atoms with Crippen molar-refractivity contribution in [2.45, 2.75) is 51.7 Å². The van der Waals surface area contributed by atoms with Crippen molar-refractivity contribution in [2.75, 3.05) is 13.1 Å². The Labute approximate surface area is 111 Å². The molecule has 1 N–H and O–H groups in total. The molecule has 0 radical (unpaired) electrons. The SMILES string of the molecule is CC1CCN(C(C)c2ccncc2)CCC(C)N1. The molecule has 2 heterocycles. The van der Waals surface area contributed by atoms with Gasteiger partial charge >= 0.3 is 0 Å². The van der Waals surface area contributed by atoms with Gasteiger partial charge in [-0.15, -0.1) is 0 Å². The van der Waals surface area contributed by atoms with E-state index >= 15 is 0 Å². The second-order valence-electron chi connectivity index (χ2n) is 5.54. The van der Waals surface area contributed by atoms with E-state index in [-0.39, 0.29) is 0 Å². The number of pyridine rings is 1. The molecule has 18 heavy (non-hydrogen) atoms. The Bertz CT molecular complexity index is 340. The number of hydrogen-bond donors (Lipinski definition) is 1. The van der Waals surface area contributed by atoms with Crippen LogP contribution in [0.4, 0.5) is 0 Å². The van der Waals surface area contributed by atoms with Gasteiger partial charge in [-0.25, -0.2) is 0 Å². The van der Waals surface area contributed by atoms with Crippen molar-refractivity contribution >= 4 is 0 Å². The fraction of sp³-hybridized carbons (Fsp3) is 0.667. The molecule has 1 saturated heterocycles. The van der Waals surface area contributed by atoms with Gasteiger partial charge in [-0.3, -0.25) is 9.88 Å². The first-order valence-electron chi connectivity index (χ1n) is 7.07. The van der Waals surface area contributed by atoms with E-state index in [1.165, 1.54) is 31.5 Å². The van der Waals surface area contributed by atoms with Crippen LogP contribution in [0.5, 0.6) is 0 Å². The molecule has 0 aromatic carbocycles. The van der Waals surface area contributed by atoms with Crippen molar-refractivity contribution in [1.82, 2.24) is 15.2 Å². The first-order valence-corrected chi connectivity index (χ1v) is 7.07. The van der Waals surface area contributed by atoms with Gasteiger partial charge < -0.3 is 5.32 Å². The highest BCUT2D eigenvalue weighted by Gasteiger charge is 2.20. The Morgan fingerprint density at radius 3 is 2.28 bits per heavy atom. The van der Waals surface area contributed by atoms with Crippen LogP contribution in [-0.4, -0.2) is 35.1 Å². The predicted octanol–water partition coefficient (Wildman–Crippen LogP) is 2.61. The van der Waals surface area contributed by atoms with E-state index in [4.69, 9.17) is 0 Å². The van der Waals surface area contributed by atoms with Crippen molar-refractivity contribution in [1.29, 1.82) is 0 Å². The van der Waals surface area contributed by atoms with Crippen LogP contribution in [0, 0.1) is 0 Å². The summed E-state index contributed by atoms with van der Waals surface area (Å²) in [4.78, 5) is 6.70. The number of nitrogens with one attached hydrogen (secondary N) is 1. The molecule has 0 saturated carbocycles. The molecule has 1 aliphatic heterocycles. The first-order chi connectivity index (χ1) is 8.66. The highest BCUT2D eigenvalue weighted by atomic mass is 15.2. The Hall–Kier alpha value is -0.930. The zero-order valence-electron chi connectivity index (χ0n) is 11.8. The molecule has 0 bridgehead atoms. The number of rotatable bonds is 2. The Kier molecular flexibility index (Phi) is 4.72. The van der Waals surface area contributed by atoms with E-state index in [9.17, 15) is 0 Å². The monoisotopic (exact) mass is 247 g/mol. The van der Waals surface area contributed by atoms with E-state index < -0.39 is 0 Å². The van der Waals surface area contributed by atoms with Crippen LogP contribution in [0.1, 0.15) is 45.2 Å². The van der Waals surface area contributed by atoms with Gasteiger partial charge in [0.1, 0.15) is 0 Å². The highest BCUT2D eigenvalue weighted by Crippen LogP contribution is 2.21. The third-order valence-electron chi connectivity index (χ3n) is 4.00. The van der Waals surface area contributed by atoms with Gasteiger partial charge in [0.25, 0.3) is 0 Å². The summed E-state index contributed by atoms with van der Waals surface area (Å²) in [6.45, 7) is 9.22. The lowest BCUT2D eigenvalue weighted by atomic mass is 10.0. The van der Waals surface area contributed by atoms with Gasteiger partial charge in [-0.05, 0) is 51.3 Å². The molecule has 1 aromatic rings. The summed E-state index contributed by atoms with van der Waals surface area (Å²) in [5.41, 5.74) is 1.37. The van der Waals surface area contributed by atoms with Gasteiger partial charge in [-0.1, -0.05) is 0 Å². The molecule has 2 rings (SSSR count). The summed E-state index contributed by atoms with van der Waals surface area (Å²) in [6.07, 6.45) is 6.23. The Balaban J connectivity index is 2.02. The Morgan fingerprint density at radius 2 is 1.72 bits per heavy atom. The molecule has 1 aromatic heterocycles. The minimum atomic E-state index is 0.491. The lowest BCUT2D eigenvalue weighted by Crippen LogP contribution is -2.43. The fourth-order valence-corrected chi connectivity index (χ4v) is 2.72. The molecular formula is C15H25N3. The van der Waals surface area contributed by atoms with E-state index in [2.05, 4.69) is 48.1 Å². The maximum atomic E-state index is 4.10. The predicted molar refractivity (Wildman–Crippen MR) is 75.5 cm³/mol. The van der Waals surface area contributed by atoms with Crippen LogP contribution >= 0.6 is 0 Å². The lowest BCUT2D eigenvalue weighted by molar-refractivity contribution is 0.172. The van der Waals surface area contributed by atoms with Gasteiger partial charge in [0.2, 0.25) is 0 Å². The normalized spacial score (nSPS) is 28.4. The van der Waals surface area contributed by atoms with Crippen LogP contribution in [0.2, 0.25) is 0 Å². The average molecular weight is 247 g/mol. The van der Waals surface area contributed by atoms with Crippen LogP contribution in [0.3, 0.4) is 0 Å². The maximum absolute atomic E-state index is 4.10. The second kappa shape index (κ2) is 6.30. The lowest BCUT2D eigenvalue weighted by Gasteiger charge is -2.34. The van der Waals surface area contributed by atoms with Gasteiger partial charge in [0.15, 0.2) is 0 Å². The molecule has 0 amide bonds. The van der Waals surface area contributed by atoms with Crippen molar-refractivity contribution in [3.63, 3.8) is 0 Å². The zero-order chi connectivity index (χ0) is 13.0. The van der Waals surface area contributed by atoms with Crippen LogP contribution in [0.25, 0.3) is 0 Å². The van der Waals surface area contributed by atoms with Crippen molar-refractivity contribution < 1.29 is 0 Å². The molecule has 3 nitrogen and oxygen atoms in total. The van der Waals surface area contributed by atoms with E-state index in [0.29, 0.717) is 18.1 Å². The molecule has 0 spiro atoms. The van der Waals surface area contributed by atoms with Crippen molar-refractivity contribution in [2.24, 2.45) is 0 Å². The summed E-state index contributed by atoms with van der Waals surface area (Å²) in [6, 6.07) is 5.99. The number of hydrogen-bond acceptors (Lipinski definition) is 3. The molecule has 100 valence electrons. The summed E-state index contributed by atoms with van der Waals surface area (Å²) in [5.74, 6) is 0. The van der Waals surface area contributed by atoms with E-state index in [1.807, 2.05) is 12.4 Å². The zero-order valence-corrected chi connectivity index (χ0v) is 11.8. The summed E-state index contributed by atoms with van der Waals surface area (Å²) in [5, 5.41) is 3.64. The smallest absolute Gasteiger partial charge is 0.0321 e. The van der Waals surface area contributed by atoms with Crippen molar-refractivity contribution in [3.8, 4) is 0 Å². The fourth-order valence-electron chi connectivity index (χ4n) is 2.72. The van der Waals surface area contributed by atoms with E-state index in [1.54, 1.807) is 0 Å². The maximum Gasteiger partial charge on any atom is 0.0321 e. The minimum absolute atomic E-state index is 0.491. The highest BCUT2D eigenvalue weighted by molar-refractivity contribution is 5.14. The molecule has 3 heteroatoms. The molecule has 0 aliphatic carbocycles. The van der Waals surface area contributed by atoms with Crippen LogP contribution < -0.4 is 5.32 Å². The summed E-state index contributed by atoms with van der Waals surface area (Å²) in [7, 11) is 0. The largest absolute Gasteiger partial charge is 0.312 e. The van der Waals surface area contributed by atoms with Crippen molar-refractivity contribution in [3.05, 3.63) is 30.1 Å². The first kappa shape index (κ1) is 13.5. The summed E-state index contributed by atoms with van der Waals surface area (Å²) < 4.78 is 0. The number of aromatic nitrogens is 1. The molecule has 1 fully saturated rings. The minimum Gasteiger partial charge on any atom is -0.312 e. The number of nitrogens with zero attached hydrogens (tertiary/aromatic N) is 2. The van der Waals surface area contributed by atoms with Crippen LogP contribution in [-0.2, 0) is 0 Å². The van der Waals surface area contributed by atoms with Gasteiger partial charge in [0, 0.05) is 43.6 Å². The topological polar surface area (TPSA) is 28.2 Å². The van der Waals surface area contributed by atoms with Crippen LogP contribution in [0.15, 0.2) is 24.5 Å². The van der Waals surface area contributed by atoms with Gasteiger partial charge in [-0.2, -0.15) is 0 Å². The second-order valence-corrected chi connectivity index (χ2v) is 5.54. The third-order valence-corrected chi connectivity index (χ3v) is 4.00. The molecule has 3 unspecified atom stereocenters. The third kappa shape index (κ3) is 3.53. The average Bonchev–Trinajstić information content (AvgIpc) is 2.37. The standard InChI is InChI=1S/C15H25N3/c1-12-6-10-18(11-7-13(2)17-12)14(3)15-4-8-16-9-5-15/h4-5,8-9,12-14,17H,6-7,10-11H2,1-3H3. The molecular weight excluding hydrogens is 222 g/mol. The molecule has 1 aliphatic rings. The van der Waals surface area contributed by atoms with E-state index in [0.717, 1.165) is 0 Å². The summed E-state index contributed by atoms with van der Waals surface area (Å²) >= 11 is 0.